The van der Waals surface area contributed by atoms with Gasteiger partial charge in [0.15, 0.2) is 0 Å². The van der Waals surface area contributed by atoms with Crippen LogP contribution in [-0.2, 0) is 14.3 Å². The molecule has 1 aromatic heterocycles. The average Bonchev–Trinajstić information content (AvgIpc) is 2.85. The second-order valence-electron chi connectivity index (χ2n) is 5.87. The maximum Gasteiger partial charge on any atom is 0.415 e. The Kier molecular flexibility index (Phi) is 4.00. The smallest absolute Gasteiger partial charge is 0.415 e. The Morgan fingerprint density at radius 1 is 1.50 bits per heavy atom. The standard InChI is InChI=1S/C16H20N2O4/c1-2-21-14(19)12-5-7-16(8-6-12)11-18(15(20)22-16)13-4-3-9-17-10-13/h3-4,9-10,12H,2,5-8,11H2,1H3. The number of anilines is 1. The number of nitrogens with zero attached hydrogens (tertiary/aromatic N) is 2. The van der Waals surface area contributed by atoms with Gasteiger partial charge >= 0.3 is 12.1 Å². The van der Waals surface area contributed by atoms with Crippen molar-refractivity contribution in [1.82, 2.24) is 4.98 Å². The average molecular weight is 304 g/mol. The fraction of sp³-hybridized carbons (Fsp3) is 0.562. The van der Waals surface area contributed by atoms with Crippen molar-refractivity contribution in [2.75, 3.05) is 18.1 Å². The van der Waals surface area contributed by atoms with Crippen molar-refractivity contribution in [1.29, 1.82) is 0 Å². The molecule has 6 heteroatoms. The Balaban J connectivity index is 1.65. The van der Waals surface area contributed by atoms with Crippen LogP contribution in [0.4, 0.5) is 10.5 Å². The van der Waals surface area contributed by atoms with Gasteiger partial charge in [-0.2, -0.15) is 0 Å². The van der Waals surface area contributed by atoms with Crippen LogP contribution in [-0.4, -0.2) is 35.8 Å². The summed E-state index contributed by atoms with van der Waals surface area (Å²) >= 11 is 0. The number of pyridine rings is 1. The molecule has 1 saturated heterocycles. The van der Waals surface area contributed by atoms with E-state index in [1.165, 1.54) is 0 Å². The second kappa shape index (κ2) is 5.94. The van der Waals surface area contributed by atoms with Crippen LogP contribution in [0.3, 0.4) is 0 Å². The highest BCUT2D eigenvalue weighted by Crippen LogP contribution is 2.40. The monoisotopic (exact) mass is 304 g/mol. The van der Waals surface area contributed by atoms with Gasteiger partial charge in [0.05, 0.1) is 31.0 Å². The molecule has 1 saturated carbocycles. The SMILES string of the molecule is CCOC(=O)C1CCC2(CC1)CN(c1cccnc1)C(=O)O2. The largest absolute Gasteiger partial charge is 0.466 e. The van der Waals surface area contributed by atoms with Crippen LogP contribution in [0, 0.1) is 5.92 Å². The van der Waals surface area contributed by atoms with Gasteiger partial charge in [0, 0.05) is 6.20 Å². The fourth-order valence-electron chi connectivity index (χ4n) is 3.24. The lowest BCUT2D eigenvalue weighted by Crippen LogP contribution is -2.40. The molecule has 0 N–H and O–H groups in total. The maximum absolute atomic E-state index is 12.2. The fourth-order valence-corrected chi connectivity index (χ4v) is 3.24. The molecular formula is C16H20N2O4. The van der Waals surface area contributed by atoms with Crippen molar-refractivity contribution in [3.8, 4) is 0 Å². The first-order valence-corrected chi connectivity index (χ1v) is 7.71. The molecular weight excluding hydrogens is 284 g/mol. The number of hydrogen-bond acceptors (Lipinski definition) is 5. The minimum Gasteiger partial charge on any atom is -0.466 e. The highest BCUT2D eigenvalue weighted by molar-refractivity contribution is 5.90. The Bertz CT molecular complexity index is 553. The summed E-state index contributed by atoms with van der Waals surface area (Å²) in [4.78, 5) is 29.6. The van der Waals surface area contributed by atoms with Crippen molar-refractivity contribution in [3.63, 3.8) is 0 Å². The van der Waals surface area contributed by atoms with E-state index in [1.54, 1.807) is 23.4 Å². The summed E-state index contributed by atoms with van der Waals surface area (Å²) in [5.74, 6) is -0.206. The van der Waals surface area contributed by atoms with E-state index in [1.807, 2.05) is 13.0 Å². The lowest BCUT2D eigenvalue weighted by atomic mass is 9.78. The number of amides is 1. The minimum atomic E-state index is -0.476. The Morgan fingerprint density at radius 2 is 2.27 bits per heavy atom. The van der Waals surface area contributed by atoms with Gasteiger partial charge < -0.3 is 9.47 Å². The van der Waals surface area contributed by atoms with Crippen LogP contribution in [0.5, 0.6) is 0 Å². The topological polar surface area (TPSA) is 68.7 Å². The van der Waals surface area contributed by atoms with E-state index in [4.69, 9.17) is 9.47 Å². The maximum atomic E-state index is 12.2. The number of esters is 1. The molecule has 22 heavy (non-hydrogen) atoms. The van der Waals surface area contributed by atoms with E-state index in [0.717, 1.165) is 5.69 Å². The van der Waals surface area contributed by atoms with Gasteiger partial charge in [0.25, 0.3) is 0 Å². The first kappa shape index (κ1) is 14.8. The minimum absolute atomic E-state index is 0.0725. The predicted molar refractivity (Wildman–Crippen MR) is 79.4 cm³/mol. The summed E-state index contributed by atoms with van der Waals surface area (Å²) in [7, 11) is 0. The van der Waals surface area contributed by atoms with Crippen LogP contribution in [0.15, 0.2) is 24.5 Å². The normalized spacial score (nSPS) is 27.8. The molecule has 1 aliphatic heterocycles. The predicted octanol–water partition coefficient (Wildman–Crippen LogP) is 2.53. The molecule has 2 heterocycles. The Hall–Kier alpha value is -2.11. The number of aromatic nitrogens is 1. The van der Waals surface area contributed by atoms with Crippen molar-refractivity contribution in [3.05, 3.63) is 24.5 Å². The van der Waals surface area contributed by atoms with Gasteiger partial charge in [-0.05, 0) is 44.7 Å². The molecule has 3 rings (SSSR count). The van der Waals surface area contributed by atoms with Crippen LogP contribution in [0.2, 0.25) is 0 Å². The number of rotatable bonds is 3. The van der Waals surface area contributed by atoms with Gasteiger partial charge in [-0.15, -0.1) is 0 Å². The molecule has 118 valence electrons. The number of carbonyl (C=O) groups is 2. The highest BCUT2D eigenvalue weighted by atomic mass is 16.6. The van der Waals surface area contributed by atoms with E-state index < -0.39 is 5.60 Å². The summed E-state index contributed by atoms with van der Waals surface area (Å²) in [6.07, 6.45) is 5.79. The Labute approximate surface area is 129 Å². The molecule has 0 unspecified atom stereocenters. The summed E-state index contributed by atoms with van der Waals surface area (Å²) < 4.78 is 10.7. The lowest BCUT2D eigenvalue weighted by molar-refractivity contribution is -0.150. The zero-order chi connectivity index (χ0) is 15.6. The summed E-state index contributed by atoms with van der Waals surface area (Å²) in [5, 5.41) is 0. The third-order valence-corrected chi connectivity index (χ3v) is 4.44. The van der Waals surface area contributed by atoms with Gasteiger partial charge in [0.2, 0.25) is 0 Å². The van der Waals surface area contributed by atoms with Crippen molar-refractivity contribution < 1.29 is 19.1 Å². The molecule has 2 aliphatic rings. The van der Waals surface area contributed by atoms with Gasteiger partial charge in [-0.25, -0.2) is 4.79 Å². The molecule has 0 radical (unpaired) electrons. The second-order valence-corrected chi connectivity index (χ2v) is 5.87. The van der Waals surface area contributed by atoms with E-state index in [0.29, 0.717) is 38.8 Å². The number of ether oxygens (including phenoxy) is 2. The first-order chi connectivity index (χ1) is 10.6. The Morgan fingerprint density at radius 3 is 2.91 bits per heavy atom. The third kappa shape index (κ3) is 2.77. The molecule has 1 aliphatic carbocycles. The van der Waals surface area contributed by atoms with Gasteiger partial charge in [-0.1, -0.05) is 0 Å². The van der Waals surface area contributed by atoms with Crippen LogP contribution >= 0.6 is 0 Å². The number of carbonyl (C=O) groups excluding carboxylic acids is 2. The summed E-state index contributed by atoms with van der Waals surface area (Å²) in [6.45, 7) is 2.74. The number of hydrogen-bond donors (Lipinski definition) is 0. The van der Waals surface area contributed by atoms with Crippen LogP contribution in [0.1, 0.15) is 32.6 Å². The van der Waals surface area contributed by atoms with Gasteiger partial charge in [0.1, 0.15) is 5.60 Å². The lowest BCUT2D eigenvalue weighted by Gasteiger charge is -2.34. The summed E-state index contributed by atoms with van der Waals surface area (Å²) in [6, 6.07) is 3.64. The molecule has 0 atom stereocenters. The van der Waals surface area contributed by atoms with E-state index >= 15 is 0 Å². The summed E-state index contributed by atoms with van der Waals surface area (Å²) in [5.41, 5.74) is 0.271. The zero-order valence-corrected chi connectivity index (χ0v) is 12.7. The molecule has 0 aromatic carbocycles. The van der Waals surface area contributed by atoms with Crippen molar-refractivity contribution in [2.45, 2.75) is 38.2 Å². The van der Waals surface area contributed by atoms with Crippen molar-refractivity contribution in [2.24, 2.45) is 5.92 Å². The molecule has 1 aromatic rings. The quantitative estimate of drug-likeness (QED) is 0.803. The van der Waals surface area contributed by atoms with Crippen LogP contribution in [0.25, 0.3) is 0 Å². The molecule has 1 spiro atoms. The van der Waals surface area contributed by atoms with E-state index in [-0.39, 0.29) is 18.0 Å². The first-order valence-electron chi connectivity index (χ1n) is 7.71. The zero-order valence-electron chi connectivity index (χ0n) is 12.7. The van der Waals surface area contributed by atoms with Crippen molar-refractivity contribution >= 4 is 17.7 Å². The van der Waals surface area contributed by atoms with Gasteiger partial charge in [-0.3, -0.25) is 14.7 Å². The third-order valence-electron chi connectivity index (χ3n) is 4.44. The highest BCUT2D eigenvalue weighted by Gasteiger charge is 2.48. The van der Waals surface area contributed by atoms with E-state index in [2.05, 4.69) is 4.98 Å². The van der Waals surface area contributed by atoms with E-state index in [9.17, 15) is 9.59 Å². The molecule has 1 amide bonds. The van der Waals surface area contributed by atoms with Crippen LogP contribution < -0.4 is 4.90 Å². The molecule has 2 fully saturated rings. The molecule has 0 bridgehead atoms. The molecule has 6 nitrogen and oxygen atoms in total.